The minimum absolute atomic E-state index is 0.434. The van der Waals surface area contributed by atoms with Gasteiger partial charge in [-0.2, -0.15) is 0 Å². The monoisotopic (exact) mass is 178 g/mol. The number of aryl methyl sites for hydroxylation is 1. The zero-order chi connectivity index (χ0) is 9.68. The van der Waals surface area contributed by atoms with Gasteiger partial charge >= 0.3 is 0 Å². The van der Waals surface area contributed by atoms with E-state index in [9.17, 15) is 4.79 Å². The van der Waals surface area contributed by atoms with Gasteiger partial charge in [-0.25, -0.2) is 0 Å². The fourth-order valence-corrected chi connectivity index (χ4v) is 1.11. The first kappa shape index (κ1) is 9.74. The second-order valence-corrected chi connectivity index (χ2v) is 3.03. The van der Waals surface area contributed by atoms with E-state index in [0.717, 1.165) is 6.42 Å². The van der Waals surface area contributed by atoms with Gasteiger partial charge in [-0.05, 0) is 18.4 Å². The van der Waals surface area contributed by atoms with Crippen molar-refractivity contribution in [1.29, 1.82) is 0 Å². The molecule has 0 unspecified atom stereocenters. The average Bonchev–Trinajstić information content (AvgIpc) is 2.15. The normalized spacial score (nSPS) is 12.4. The molecule has 1 amide bonds. The molecule has 0 heterocycles. The van der Waals surface area contributed by atoms with Crippen LogP contribution in [-0.4, -0.2) is 11.9 Å². The fraction of sp³-hybridized carbons (Fsp3) is 0.300. The van der Waals surface area contributed by atoms with E-state index in [2.05, 4.69) is 0 Å². The van der Waals surface area contributed by atoms with Gasteiger partial charge < -0.3 is 11.5 Å². The van der Waals surface area contributed by atoms with Crippen molar-refractivity contribution in [3.8, 4) is 0 Å². The molecule has 0 aliphatic rings. The largest absolute Gasteiger partial charge is 0.368 e. The number of carbonyl (C=O) groups excluding carboxylic acids is 1. The minimum atomic E-state index is -0.528. The third kappa shape index (κ3) is 3.25. The van der Waals surface area contributed by atoms with Crippen LogP contribution in [0.1, 0.15) is 12.0 Å². The summed E-state index contributed by atoms with van der Waals surface area (Å²) in [5, 5.41) is 0. The minimum Gasteiger partial charge on any atom is -0.368 e. The lowest BCUT2D eigenvalue weighted by Gasteiger charge is -2.06. The van der Waals surface area contributed by atoms with Gasteiger partial charge in [0.25, 0.3) is 0 Å². The van der Waals surface area contributed by atoms with E-state index in [4.69, 9.17) is 11.5 Å². The Hall–Kier alpha value is -1.35. The first-order valence-corrected chi connectivity index (χ1v) is 4.29. The molecule has 3 nitrogen and oxygen atoms in total. The van der Waals surface area contributed by atoms with Crippen LogP contribution < -0.4 is 11.5 Å². The van der Waals surface area contributed by atoms with Gasteiger partial charge in [-0.3, -0.25) is 4.79 Å². The summed E-state index contributed by atoms with van der Waals surface area (Å²) in [5.74, 6) is -0.434. The number of nitrogens with two attached hydrogens (primary N) is 2. The third-order valence-corrected chi connectivity index (χ3v) is 1.95. The predicted octanol–water partition coefficient (Wildman–Crippen LogP) is 0.432. The van der Waals surface area contributed by atoms with Gasteiger partial charge in [0.2, 0.25) is 5.91 Å². The van der Waals surface area contributed by atoms with Gasteiger partial charge in [-0.15, -0.1) is 0 Å². The summed E-state index contributed by atoms with van der Waals surface area (Å²) in [4.78, 5) is 10.6. The summed E-state index contributed by atoms with van der Waals surface area (Å²) in [6, 6.07) is 9.37. The molecule has 1 rings (SSSR count). The number of carbonyl (C=O) groups is 1. The Balaban J connectivity index is 2.39. The summed E-state index contributed by atoms with van der Waals surface area (Å²) in [5.41, 5.74) is 11.7. The molecule has 1 aromatic rings. The molecule has 0 saturated carbocycles. The maximum absolute atomic E-state index is 10.6. The van der Waals surface area contributed by atoms with Crippen molar-refractivity contribution in [1.82, 2.24) is 0 Å². The van der Waals surface area contributed by atoms with E-state index in [1.807, 2.05) is 30.3 Å². The number of rotatable bonds is 4. The summed E-state index contributed by atoms with van der Waals surface area (Å²) in [6.45, 7) is 0. The first-order valence-electron chi connectivity index (χ1n) is 4.29. The van der Waals surface area contributed by atoms with Crippen LogP contribution in [0.5, 0.6) is 0 Å². The van der Waals surface area contributed by atoms with Crippen LogP contribution in [0, 0.1) is 0 Å². The predicted molar refractivity (Wildman–Crippen MR) is 51.9 cm³/mol. The molecule has 1 atom stereocenters. The molecule has 0 fully saturated rings. The highest BCUT2D eigenvalue weighted by atomic mass is 16.1. The lowest BCUT2D eigenvalue weighted by Crippen LogP contribution is -2.36. The number of hydrogen-bond donors (Lipinski definition) is 2. The van der Waals surface area contributed by atoms with Gasteiger partial charge in [-0.1, -0.05) is 30.3 Å². The molecule has 1 aromatic carbocycles. The molecule has 0 saturated heterocycles. The summed E-state index contributed by atoms with van der Waals surface area (Å²) < 4.78 is 0. The Labute approximate surface area is 77.7 Å². The van der Waals surface area contributed by atoms with E-state index >= 15 is 0 Å². The summed E-state index contributed by atoms with van der Waals surface area (Å²) >= 11 is 0. The van der Waals surface area contributed by atoms with E-state index < -0.39 is 11.9 Å². The molecular weight excluding hydrogens is 164 g/mol. The van der Waals surface area contributed by atoms with Gasteiger partial charge in [0.15, 0.2) is 0 Å². The highest BCUT2D eigenvalue weighted by molar-refractivity contribution is 5.79. The van der Waals surface area contributed by atoms with Crippen molar-refractivity contribution in [2.24, 2.45) is 11.5 Å². The first-order chi connectivity index (χ1) is 6.20. The van der Waals surface area contributed by atoms with Crippen LogP contribution in [0.2, 0.25) is 0 Å². The summed E-state index contributed by atoms with van der Waals surface area (Å²) in [6.07, 6.45) is 1.41. The standard InChI is InChI=1S/C10H14N2O/c11-9(10(12)13)7-6-8-4-2-1-3-5-8/h1-5,9H,6-7,11H2,(H2,12,13)/t9-/m1/s1. The number of primary amides is 1. The number of benzene rings is 1. The van der Waals surface area contributed by atoms with E-state index in [1.54, 1.807) is 0 Å². The molecule has 4 N–H and O–H groups in total. The van der Waals surface area contributed by atoms with Gasteiger partial charge in [0.05, 0.1) is 6.04 Å². The molecule has 0 bridgehead atoms. The fourth-order valence-electron chi connectivity index (χ4n) is 1.11. The smallest absolute Gasteiger partial charge is 0.234 e. The molecule has 0 aliphatic heterocycles. The van der Waals surface area contributed by atoms with Gasteiger partial charge in [0, 0.05) is 0 Å². The van der Waals surface area contributed by atoms with Crippen LogP contribution in [0.15, 0.2) is 30.3 Å². The Morgan fingerprint density at radius 3 is 2.46 bits per heavy atom. The Morgan fingerprint density at radius 1 is 1.31 bits per heavy atom. The van der Waals surface area contributed by atoms with E-state index in [-0.39, 0.29) is 0 Å². The Bertz CT molecular complexity index is 272. The topological polar surface area (TPSA) is 69.1 Å². The number of amides is 1. The quantitative estimate of drug-likeness (QED) is 0.702. The van der Waals surface area contributed by atoms with Gasteiger partial charge in [0.1, 0.15) is 0 Å². The molecule has 0 aromatic heterocycles. The average molecular weight is 178 g/mol. The maximum atomic E-state index is 10.6. The van der Waals surface area contributed by atoms with E-state index in [0.29, 0.717) is 6.42 Å². The second kappa shape index (κ2) is 4.62. The maximum Gasteiger partial charge on any atom is 0.234 e. The highest BCUT2D eigenvalue weighted by Crippen LogP contribution is 2.03. The van der Waals surface area contributed by atoms with Crippen molar-refractivity contribution in [3.05, 3.63) is 35.9 Å². The lowest BCUT2D eigenvalue weighted by molar-refractivity contribution is -0.119. The third-order valence-electron chi connectivity index (χ3n) is 1.95. The van der Waals surface area contributed by atoms with E-state index in [1.165, 1.54) is 5.56 Å². The SMILES string of the molecule is NC(=O)[C@H](N)CCc1ccccc1. The zero-order valence-corrected chi connectivity index (χ0v) is 7.44. The van der Waals surface area contributed by atoms with Crippen LogP contribution >= 0.6 is 0 Å². The molecule has 3 heteroatoms. The van der Waals surface area contributed by atoms with Crippen LogP contribution in [0.4, 0.5) is 0 Å². The van der Waals surface area contributed by atoms with Crippen molar-refractivity contribution >= 4 is 5.91 Å². The van der Waals surface area contributed by atoms with Crippen molar-refractivity contribution in [3.63, 3.8) is 0 Å². The Morgan fingerprint density at radius 2 is 1.92 bits per heavy atom. The van der Waals surface area contributed by atoms with Crippen molar-refractivity contribution in [2.75, 3.05) is 0 Å². The summed E-state index contributed by atoms with van der Waals surface area (Å²) in [7, 11) is 0. The number of hydrogen-bond acceptors (Lipinski definition) is 2. The van der Waals surface area contributed by atoms with Crippen LogP contribution in [-0.2, 0) is 11.2 Å². The second-order valence-electron chi connectivity index (χ2n) is 3.03. The molecule has 13 heavy (non-hydrogen) atoms. The van der Waals surface area contributed by atoms with Crippen LogP contribution in [0.3, 0.4) is 0 Å². The lowest BCUT2D eigenvalue weighted by atomic mass is 10.1. The molecule has 0 spiro atoms. The molecule has 0 aliphatic carbocycles. The Kier molecular flexibility index (Phi) is 3.46. The zero-order valence-electron chi connectivity index (χ0n) is 7.44. The molecule has 70 valence electrons. The highest BCUT2D eigenvalue weighted by Gasteiger charge is 2.08. The van der Waals surface area contributed by atoms with Crippen molar-refractivity contribution < 1.29 is 4.79 Å². The van der Waals surface area contributed by atoms with Crippen LogP contribution in [0.25, 0.3) is 0 Å². The molecular formula is C10H14N2O. The molecule has 0 radical (unpaired) electrons. The van der Waals surface area contributed by atoms with Crippen molar-refractivity contribution in [2.45, 2.75) is 18.9 Å².